The molecule has 2 rings (SSSR count). The van der Waals surface area contributed by atoms with E-state index in [0.29, 0.717) is 5.52 Å². The highest BCUT2D eigenvalue weighted by Gasteiger charge is 2.38. The van der Waals surface area contributed by atoms with Gasteiger partial charge in [-0.25, -0.2) is 0 Å². The molecule has 0 spiro atoms. The molecule has 0 aliphatic rings. The van der Waals surface area contributed by atoms with E-state index in [4.69, 9.17) is 5.73 Å². The summed E-state index contributed by atoms with van der Waals surface area (Å²) in [7, 11) is 0. The second-order valence-corrected chi connectivity index (χ2v) is 4.51. The van der Waals surface area contributed by atoms with Gasteiger partial charge in [-0.05, 0) is 18.2 Å². The predicted molar refractivity (Wildman–Crippen MR) is 62.4 cm³/mol. The first-order valence-electron chi connectivity index (χ1n) is 4.76. The number of aromatic nitrogens is 1. The van der Waals surface area contributed by atoms with Gasteiger partial charge in [0.1, 0.15) is 6.04 Å². The lowest BCUT2D eigenvalue weighted by Gasteiger charge is -2.15. The molecule has 0 aliphatic heterocycles. The molecule has 2 aromatic rings. The van der Waals surface area contributed by atoms with Crippen molar-refractivity contribution < 1.29 is 13.2 Å². The van der Waals surface area contributed by atoms with E-state index in [1.807, 2.05) is 0 Å². The maximum atomic E-state index is 12.4. The normalized spacial score (nSPS) is 13.9. The maximum absolute atomic E-state index is 12.4. The molecule has 0 saturated heterocycles. The Bertz CT molecular complexity index is 554. The largest absolute Gasteiger partial charge is 0.409 e. The van der Waals surface area contributed by atoms with E-state index in [2.05, 4.69) is 20.9 Å². The minimum atomic E-state index is -4.48. The quantitative estimate of drug-likeness (QED) is 0.875. The fraction of sp³-hybridized carbons (Fsp3) is 0.182. The molecule has 90 valence electrons. The number of halogens is 4. The highest BCUT2D eigenvalue weighted by molar-refractivity contribution is 9.10. The highest BCUT2D eigenvalue weighted by Crippen LogP contribution is 2.30. The first-order chi connectivity index (χ1) is 7.88. The molecule has 0 radical (unpaired) electrons. The van der Waals surface area contributed by atoms with Crippen LogP contribution in [0.1, 0.15) is 11.7 Å². The molecule has 1 aromatic heterocycles. The first-order valence-corrected chi connectivity index (χ1v) is 5.56. The second kappa shape index (κ2) is 4.27. The van der Waals surface area contributed by atoms with Crippen molar-refractivity contribution in [1.82, 2.24) is 4.98 Å². The second-order valence-electron chi connectivity index (χ2n) is 3.59. The third-order valence-electron chi connectivity index (χ3n) is 2.35. The molecule has 1 aromatic carbocycles. The van der Waals surface area contributed by atoms with Crippen LogP contribution in [-0.2, 0) is 0 Å². The number of alkyl halides is 3. The highest BCUT2D eigenvalue weighted by atomic mass is 79.9. The van der Waals surface area contributed by atoms with Crippen LogP contribution < -0.4 is 5.73 Å². The van der Waals surface area contributed by atoms with Crippen LogP contribution in [0, 0.1) is 0 Å². The Hall–Kier alpha value is -1.14. The van der Waals surface area contributed by atoms with Crippen molar-refractivity contribution >= 4 is 26.8 Å². The standard InChI is InChI=1S/C11H8BrF3N2/c12-7-3-1-6-2-4-8(17-9(6)5-7)10(16)11(13,14)15/h1-5,10H,16H2/t10-/m0/s1. The van der Waals surface area contributed by atoms with Crippen LogP contribution in [0.2, 0.25) is 0 Å². The van der Waals surface area contributed by atoms with Gasteiger partial charge in [-0.15, -0.1) is 0 Å². The van der Waals surface area contributed by atoms with Gasteiger partial charge in [0.05, 0.1) is 11.2 Å². The van der Waals surface area contributed by atoms with Crippen LogP contribution in [-0.4, -0.2) is 11.2 Å². The number of fused-ring (bicyclic) bond motifs is 1. The van der Waals surface area contributed by atoms with E-state index in [9.17, 15) is 13.2 Å². The van der Waals surface area contributed by atoms with Crippen LogP contribution in [0.3, 0.4) is 0 Å². The summed E-state index contributed by atoms with van der Waals surface area (Å²) in [6.45, 7) is 0. The van der Waals surface area contributed by atoms with Gasteiger partial charge in [0.25, 0.3) is 0 Å². The van der Waals surface area contributed by atoms with E-state index in [-0.39, 0.29) is 5.69 Å². The van der Waals surface area contributed by atoms with E-state index >= 15 is 0 Å². The van der Waals surface area contributed by atoms with Gasteiger partial charge in [0.2, 0.25) is 0 Å². The van der Waals surface area contributed by atoms with Gasteiger partial charge in [-0.3, -0.25) is 4.98 Å². The number of benzene rings is 1. The van der Waals surface area contributed by atoms with Crippen molar-refractivity contribution in [2.75, 3.05) is 0 Å². The third-order valence-corrected chi connectivity index (χ3v) is 2.84. The molecule has 1 atom stereocenters. The molecule has 0 bridgehead atoms. The van der Waals surface area contributed by atoms with Gasteiger partial charge in [-0.2, -0.15) is 13.2 Å². The maximum Gasteiger partial charge on any atom is 0.409 e. The summed E-state index contributed by atoms with van der Waals surface area (Å²) in [5.41, 5.74) is 5.41. The SMILES string of the molecule is N[C@@H](c1ccc2ccc(Br)cc2n1)C(F)(F)F. The number of hydrogen-bond acceptors (Lipinski definition) is 2. The fourth-order valence-corrected chi connectivity index (χ4v) is 1.80. The Morgan fingerprint density at radius 1 is 1.18 bits per heavy atom. The molecule has 2 N–H and O–H groups in total. The molecule has 17 heavy (non-hydrogen) atoms. The summed E-state index contributed by atoms with van der Waals surface area (Å²) >= 11 is 3.24. The summed E-state index contributed by atoms with van der Waals surface area (Å²) in [5.74, 6) is 0. The van der Waals surface area contributed by atoms with Crippen molar-refractivity contribution in [3.05, 3.63) is 40.5 Å². The van der Waals surface area contributed by atoms with E-state index < -0.39 is 12.2 Å². The summed E-state index contributed by atoms with van der Waals surface area (Å²) in [4.78, 5) is 3.93. The summed E-state index contributed by atoms with van der Waals surface area (Å²) in [6.07, 6.45) is -4.48. The molecule has 0 saturated carbocycles. The Kier molecular flexibility index (Phi) is 3.09. The van der Waals surface area contributed by atoms with Crippen LogP contribution in [0.15, 0.2) is 34.8 Å². The van der Waals surface area contributed by atoms with Crippen LogP contribution in [0.5, 0.6) is 0 Å². The summed E-state index contributed by atoms with van der Waals surface area (Å²) in [5, 5.41) is 0.770. The number of rotatable bonds is 1. The van der Waals surface area contributed by atoms with Crippen molar-refractivity contribution in [3.8, 4) is 0 Å². The van der Waals surface area contributed by atoms with Gasteiger partial charge < -0.3 is 5.73 Å². The van der Waals surface area contributed by atoms with Crippen molar-refractivity contribution in [2.45, 2.75) is 12.2 Å². The molecule has 0 fully saturated rings. The number of hydrogen-bond donors (Lipinski definition) is 1. The smallest absolute Gasteiger partial charge is 0.315 e. The van der Waals surface area contributed by atoms with E-state index in [0.717, 1.165) is 9.86 Å². The minimum absolute atomic E-state index is 0.178. The first kappa shape index (κ1) is 12.3. The molecular formula is C11H8BrF3N2. The van der Waals surface area contributed by atoms with Crippen molar-refractivity contribution in [3.63, 3.8) is 0 Å². The molecule has 0 aliphatic carbocycles. The predicted octanol–water partition coefficient (Wildman–Crippen LogP) is 3.56. The van der Waals surface area contributed by atoms with Crippen LogP contribution in [0.4, 0.5) is 13.2 Å². The van der Waals surface area contributed by atoms with Gasteiger partial charge in [0, 0.05) is 9.86 Å². The lowest BCUT2D eigenvalue weighted by atomic mass is 10.1. The fourth-order valence-electron chi connectivity index (χ4n) is 1.45. The Morgan fingerprint density at radius 3 is 2.47 bits per heavy atom. The van der Waals surface area contributed by atoms with Crippen LogP contribution in [0.25, 0.3) is 10.9 Å². The Labute approximate surface area is 104 Å². The number of pyridine rings is 1. The third kappa shape index (κ3) is 2.58. The van der Waals surface area contributed by atoms with Crippen molar-refractivity contribution in [2.24, 2.45) is 5.73 Å². The lowest BCUT2D eigenvalue weighted by molar-refractivity contribution is -0.149. The molecule has 1 heterocycles. The number of nitrogens with zero attached hydrogens (tertiary/aromatic N) is 1. The topological polar surface area (TPSA) is 38.9 Å². The lowest BCUT2D eigenvalue weighted by Crippen LogP contribution is -2.29. The average Bonchev–Trinajstić information content (AvgIpc) is 2.25. The van der Waals surface area contributed by atoms with E-state index in [1.165, 1.54) is 6.07 Å². The van der Waals surface area contributed by atoms with Crippen molar-refractivity contribution in [1.29, 1.82) is 0 Å². The average molecular weight is 305 g/mol. The van der Waals surface area contributed by atoms with Crippen LogP contribution >= 0.6 is 15.9 Å². The monoisotopic (exact) mass is 304 g/mol. The van der Waals surface area contributed by atoms with Gasteiger partial charge >= 0.3 is 6.18 Å². The summed E-state index contributed by atoms with van der Waals surface area (Å²) in [6, 6.07) is 6.06. The summed E-state index contributed by atoms with van der Waals surface area (Å²) < 4.78 is 38.1. The Morgan fingerprint density at radius 2 is 1.82 bits per heavy atom. The zero-order chi connectivity index (χ0) is 12.6. The minimum Gasteiger partial charge on any atom is -0.315 e. The molecule has 0 amide bonds. The van der Waals surface area contributed by atoms with Gasteiger partial charge in [-0.1, -0.05) is 28.1 Å². The van der Waals surface area contributed by atoms with E-state index in [1.54, 1.807) is 24.3 Å². The molecule has 2 nitrogen and oxygen atoms in total. The Balaban J connectivity index is 2.50. The zero-order valence-electron chi connectivity index (χ0n) is 8.50. The zero-order valence-corrected chi connectivity index (χ0v) is 10.1. The molecule has 6 heteroatoms. The molecule has 0 unspecified atom stereocenters. The number of nitrogens with two attached hydrogens (primary N) is 1. The molecular weight excluding hydrogens is 297 g/mol. The van der Waals surface area contributed by atoms with Gasteiger partial charge in [0.15, 0.2) is 0 Å².